The standard InChI is InChI=1S/C92H70N16O2/c109-91(65-11-7-57(8-12-65)83-67-15-19-71(101-67)85(59-31-45-93-46-32-59)75-23-27-79(105-75)89(63-39-53-97-54-40-63)80-28-24-76(106-80)86(60-33-47-94-48-34-60)72-20-16-68(83)102-72)99-43-5-3-1-2-4-6-44-100-92(110)66-13-9-58(10-14-66)84-69-17-21-73(103-69)87(61-35-49-95-50-36-61)77-25-29-81(107-77)90(64-41-55-98-56-42-64)82-30-26-78(108-82)88(62-37-51-96-52-38-62)74-22-18-70(84)104-74/h7-42,45-56,101,103,106,108H,1-6,43-44H2,(H,99,109)(H,100,110). The van der Waals surface area contributed by atoms with E-state index in [2.05, 4.69) is 158 Å². The first kappa shape index (κ1) is 67.4. The van der Waals surface area contributed by atoms with Gasteiger partial charge in [0.25, 0.3) is 11.8 Å². The predicted octanol–water partition coefficient (Wildman–Crippen LogP) is 19.8. The number of benzene rings is 2. The molecule has 16 heterocycles. The van der Waals surface area contributed by atoms with Crippen molar-refractivity contribution in [3.63, 3.8) is 0 Å². The van der Waals surface area contributed by atoms with Crippen LogP contribution in [0.25, 0.3) is 182 Å². The molecule has 0 radical (unpaired) electrons. The van der Waals surface area contributed by atoms with Gasteiger partial charge in [-0.15, -0.1) is 0 Å². The summed E-state index contributed by atoms with van der Waals surface area (Å²) in [5.41, 5.74) is 29.2. The molecule has 0 spiro atoms. The van der Waals surface area contributed by atoms with Crippen molar-refractivity contribution in [1.29, 1.82) is 0 Å². The third kappa shape index (κ3) is 13.6. The van der Waals surface area contributed by atoms with Crippen molar-refractivity contribution in [2.45, 2.75) is 38.5 Å². The average Bonchev–Trinajstić information content (AvgIpc) is 1.62. The molecule has 0 unspecified atom stereocenters. The number of H-pyrrole nitrogens is 4. The number of hydrogen-bond donors (Lipinski definition) is 6. The highest BCUT2D eigenvalue weighted by atomic mass is 16.2. The van der Waals surface area contributed by atoms with Crippen molar-refractivity contribution >= 4 is 105 Å². The minimum atomic E-state index is -0.130. The second-order valence-electron chi connectivity index (χ2n) is 27.2. The minimum absolute atomic E-state index is 0.130. The molecular formula is C92H70N16O2. The summed E-state index contributed by atoms with van der Waals surface area (Å²) < 4.78 is 0. The summed E-state index contributed by atoms with van der Waals surface area (Å²) in [5.74, 6) is -0.260. The number of aromatic amines is 4. The smallest absolute Gasteiger partial charge is 0.251 e. The molecule has 110 heavy (non-hydrogen) atoms. The van der Waals surface area contributed by atoms with E-state index in [1.165, 1.54) is 0 Å². The highest BCUT2D eigenvalue weighted by molar-refractivity contribution is 6.04. The molecule has 0 atom stereocenters. The fourth-order valence-corrected chi connectivity index (χ4v) is 15.1. The van der Waals surface area contributed by atoms with Gasteiger partial charge in [0, 0.05) is 187 Å². The number of aromatic nitrogens is 14. The molecule has 18 heteroatoms. The zero-order valence-corrected chi connectivity index (χ0v) is 59.7. The average molecular weight is 1430 g/mol. The van der Waals surface area contributed by atoms with Crippen molar-refractivity contribution in [2.24, 2.45) is 0 Å². The van der Waals surface area contributed by atoms with E-state index >= 15 is 0 Å². The summed E-state index contributed by atoms with van der Waals surface area (Å²) in [6.07, 6.45) is 43.8. The Labute approximate surface area is 632 Å². The van der Waals surface area contributed by atoms with Crippen LogP contribution >= 0.6 is 0 Å². The number of nitrogens with one attached hydrogen (secondary N) is 6. The first-order valence-corrected chi connectivity index (χ1v) is 36.9. The van der Waals surface area contributed by atoms with Gasteiger partial charge in [0.1, 0.15) is 0 Å². The maximum absolute atomic E-state index is 13.8. The third-order valence-electron chi connectivity index (χ3n) is 20.4. The van der Waals surface area contributed by atoms with Gasteiger partial charge >= 0.3 is 0 Å². The van der Waals surface area contributed by atoms with Crippen molar-refractivity contribution in [3.05, 3.63) is 301 Å². The third-order valence-corrected chi connectivity index (χ3v) is 20.4. The fraction of sp³-hybridized carbons (Fsp3) is 0.0870. The zero-order valence-electron chi connectivity index (χ0n) is 59.7. The number of nitrogens with zero attached hydrogens (tertiary/aromatic N) is 10. The molecule has 530 valence electrons. The largest absolute Gasteiger partial charge is 0.354 e. The molecule has 4 aliphatic heterocycles. The van der Waals surface area contributed by atoms with Crippen LogP contribution in [0.3, 0.4) is 0 Å². The lowest BCUT2D eigenvalue weighted by Gasteiger charge is -2.09. The van der Waals surface area contributed by atoms with Gasteiger partial charge in [-0.1, -0.05) is 49.9 Å². The van der Waals surface area contributed by atoms with Gasteiger partial charge in [0.15, 0.2) is 0 Å². The number of hydrogen-bond acceptors (Lipinski definition) is 12. The second kappa shape index (κ2) is 30.1. The van der Waals surface area contributed by atoms with Gasteiger partial charge in [-0.3, -0.25) is 39.5 Å². The lowest BCUT2D eigenvalue weighted by Crippen LogP contribution is -2.24. The predicted molar refractivity (Wildman–Crippen MR) is 440 cm³/mol. The van der Waals surface area contributed by atoms with Crippen molar-refractivity contribution < 1.29 is 9.59 Å². The van der Waals surface area contributed by atoms with Gasteiger partial charge in [-0.25, -0.2) is 19.9 Å². The lowest BCUT2D eigenvalue weighted by atomic mass is 10.0. The number of rotatable bonds is 19. The quantitative estimate of drug-likeness (QED) is 0.0414. The highest BCUT2D eigenvalue weighted by Gasteiger charge is 2.23. The topological polar surface area (TPSA) is 250 Å². The van der Waals surface area contributed by atoms with Crippen LogP contribution < -0.4 is 10.6 Å². The summed E-state index contributed by atoms with van der Waals surface area (Å²) in [7, 11) is 0. The monoisotopic (exact) mass is 1430 g/mol. The maximum Gasteiger partial charge on any atom is 0.251 e. The number of carbonyl (C=O) groups excluding carboxylic acids is 2. The molecular weight excluding hydrogens is 1360 g/mol. The Bertz CT molecular complexity index is 5890. The summed E-state index contributed by atoms with van der Waals surface area (Å²) >= 11 is 0. The van der Waals surface area contributed by atoms with Crippen LogP contribution in [0.2, 0.25) is 0 Å². The molecule has 0 saturated heterocycles. The van der Waals surface area contributed by atoms with Crippen molar-refractivity contribution in [1.82, 2.24) is 80.4 Å². The van der Waals surface area contributed by atoms with E-state index in [4.69, 9.17) is 19.9 Å². The first-order valence-electron chi connectivity index (χ1n) is 36.9. The van der Waals surface area contributed by atoms with Gasteiger partial charge in [0.2, 0.25) is 0 Å². The van der Waals surface area contributed by atoms with E-state index in [1.807, 2.05) is 121 Å². The molecule has 0 fully saturated rings. The first-order chi connectivity index (χ1) is 54.4. The molecule has 14 aromatic rings. The number of amides is 2. The molecule has 0 aliphatic carbocycles. The van der Waals surface area contributed by atoms with E-state index in [9.17, 15) is 9.59 Å². The lowest BCUT2D eigenvalue weighted by molar-refractivity contribution is 0.0944. The zero-order chi connectivity index (χ0) is 73.7. The Morgan fingerprint density at radius 3 is 0.582 bits per heavy atom. The Balaban J connectivity index is 0.546. The van der Waals surface area contributed by atoms with Gasteiger partial charge in [-0.2, -0.15) is 0 Å². The van der Waals surface area contributed by atoms with Crippen LogP contribution in [0.4, 0.5) is 0 Å². The summed E-state index contributed by atoms with van der Waals surface area (Å²) in [6, 6.07) is 56.4. The van der Waals surface area contributed by atoms with Crippen LogP contribution in [-0.2, 0) is 0 Å². The Morgan fingerprint density at radius 1 is 0.218 bits per heavy atom. The summed E-state index contributed by atoms with van der Waals surface area (Å²) in [4.78, 5) is 90.5. The molecule has 6 N–H and O–H groups in total. The van der Waals surface area contributed by atoms with Crippen LogP contribution in [0.5, 0.6) is 0 Å². The van der Waals surface area contributed by atoms with Crippen molar-refractivity contribution in [2.75, 3.05) is 13.1 Å². The van der Waals surface area contributed by atoms with E-state index in [1.54, 1.807) is 74.4 Å². The molecule has 12 aromatic heterocycles. The molecule has 18 nitrogen and oxygen atoms in total. The normalized spacial score (nSPS) is 12.0. The van der Waals surface area contributed by atoms with Crippen LogP contribution in [-0.4, -0.2) is 94.7 Å². The SMILES string of the molecule is O=C(NCCCCCCCCNC(=O)c1ccc(-c2c3nc(c(-c4ccncc4)c4ccc([nH]4)c(-c4ccncc4)c4nc(c(-c5ccncc5)c5ccc2[nH]5)C=C4)C=C3)cc1)c1ccc(-c2c3nc(c(-c4ccncc4)c4ccc([nH]4)c(-c4ccncc4)c4nc(c(-c5ccncc5)c5ccc2[nH]5)C=C4)C=C3)cc1. The Hall–Kier alpha value is -14.5. The summed E-state index contributed by atoms with van der Waals surface area (Å²) in [5, 5.41) is 6.34. The molecule has 0 saturated carbocycles. The van der Waals surface area contributed by atoms with Gasteiger partial charge in [0.05, 0.1) is 45.6 Å². The minimum Gasteiger partial charge on any atom is -0.354 e. The number of unbranched alkanes of at least 4 members (excludes halogenated alkanes) is 5. The van der Waals surface area contributed by atoms with Crippen LogP contribution in [0.15, 0.2) is 244 Å². The van der Waals surface area contributed by atoms with E-state index in [-0.39, 0.29) is 11.8 Å². The van der Waals surface area contributed by atoms with Crippen LogP contribution in [0, 0.1) is 0 Å². The molecule has 4 aliphatic rings. The Morgan fingerprint density at radius 2 is 0.391 bits per heavy atom. The number of carbonyl (C=O) groups is 2. The highest BCUT2D eigenvalue weighted by Crippen LogP contribution is 2.42. The van der Waals surface area contributed by atoms with Crippen LogP contribution in [0.1, 0.15) is 105 Å². The summed E-state index contributed by atoms with van der Waals surface area (Å²) in [6.45, 7) is 1.11. The van der Waals surface area contributed by atoms with Gasteiger partial charge < -0.3 is 30.6 Å². The second-order valence-corrected chi connectivity index (χ2v) is 27.2. The van der Waals surface area contributed by atoms with E-state index in [0.717, 1.165) is 217 Å². The maximum atomic E-state index is 13.8. The molecule has 2 aromatic carbocycles. The van der Waals surface area contributed by atoms with Crippen molar-refractivity contribution in [3.8, 4) is 89.0 Å². The van der Waals surface area contributed by atoms with E-state index in [0.29, 0.717) is 24.2 Å². The van der Waals surface area contributed by atoms with Gasteiger partial charge in [-0.05, 0) is 252 Å². The number of pyridine rings is 6. The Kier molecular flexibility index (Phi) is 18.5. The number of fused-ring (bicyclic) bond motifs is 16. The molecule has 2 amide bonds. The fourth-order valence-electron chi connectivity index (χ4n) is 15.1. The molecule has 16 bridgehead atoms. The molecule has 18 rings (SSSR count). The van der Waals surface area contributed by atoms with E-state index < -0.39 is 0 Å².